The van der Waals surface area contributed by atoms with Crippen LogP contribution in [-0.2, 0) is 113 Å². The Labute approximate surface area is 788 Å². The number of esters is 4. The van der Waals surface area contributed by atoms with Crippen molar-refractivity contribution in [3.63, 3.8) is 0 Å². The van der Waals surface area contributed by atoms with Crippen LogP contribution < -0.4 is 10.9 Å². The van der Waals surface area contributed by atoms with E-state index in [1.54, 1.807) is 142 Å². The van der Waals surface area contributed by atoms with Crippen molar-refractivity contribution in [3.05, 3.63) is 305 Å². The van der Waals surface area contributed by atoms with E-state index in [9.17, 15) is 51.3 Å². The Bertz CT molecular complexity index is 5180. The fraction of sp³-hybridized carbons (Fsp3) is 0.384. The van der Waals surface area contributed by atoms with Crippen LogP contribution >= 0.6 is 46.4 Å². The van der Waals surface area contributed by atoms with Crippen LogP contribution in [0.5, 0.6) is 5.75 Å². The van der Waals surface area contributed by atoms with E-state index in [1.165, 1.54) is 0 Å². The summed E-state index contributed by atoms with van der Waals surface area (Å²) in [7, 11) is -4.35. The van der Waals surface area contributed by atoms with Gasteiger partial charge in [-0.1, -0.05) is 125 Å². The first-order valence-corrected chi connectivity index (χ1v) is 46.8. The van der Waals surface area contributed by atoms with Crippen LogP contribution in [0, 0.1) is 0 Å². The van der Waals surface area contributed by atoms with Crippen molar-refractivity contribution in [3.8, 4) is 5.75 Å². The summed E-state index contributed by atoms with van der Waals surface area (Å²) < 4.78 is 82.8. The quantitative estimate of drug-likeness (QED) is 0.0270. The van der Waals surface area contributed by atoms with Crippen molar-refractivity contribution in [1.29, 1.82) is 0 Å². The molecule has 698 valence electrons. The normalized spacial score (nSPS) is 20.9. The molecule has 5 aromatic carbocycles. The number of hydrogen-bond acceptors (Lipinski definition) is 23. The summed E-state index contributed by atoms with van der Waals surface area (Å²) in [4.78, 5) is 125. The third-order valence-electron chi connectivity index (χ3n) is 24.0. The van der Waals surface area contributed by atoms with Gasteiger partial charge in [0.15, 0.2) is 0 Å². The van der Waals surface area contributed by atoms with Crippen molar-refractivity contribution in [2.24, 2.45) is 0 Å². The molecule has 8 aromatic rings. The van der Waals surface area contributed by atoms with Crippen LogP contribution in [0.4, 0.5) is 0 Å². The molecule has 4 saturated heterocycles. The van der Waals surface area contributed by atoms with E-state index in [-0.39, 0.29) is 131 Å². The Morgan fingerprint density at radius 2 is 0.697 bits per heavy atom. The Morgan fingerprint density at radius 3 is 0.962 bits per heavy atom. The minimum absolute atomic E-state index is 0. The third kappa shape index (κ3) is 27.4. The minimum atomic E-state index is -4.35. The molecular weight excluding hydrogens is 1800 g/mol. The molecular formula is C99H108Cl4N8O20S. The van der Waals surface area contributed by atoms with Gasteiger partial charge in [-0.3, -0.25) is 34.1 Å². The molecule has 4 N–H and O–H groups in total. The summed E-state index contributed by atoms with van der Waals surface area (Å²) in [5.41, 5.74) is 10.6. The fourth-order valence-corrected chi connectivity index (χ4v) is 18.0. The molecule has 28 nitrogen and oxygen atoms in total. The number of allylic oxidation sites excluding steroid dienone is 4. The number of carbonyl (C=O) groups excluding carboxylic acids is 8. The Kier molecular flexibility index (Phi) is 36.4. The van der Waals surface area contributed by atoms with Gasteiger partial charge in [-0.05, 0) is 198 Å². The first kappa shape index (κ1) is 99.9. The van der Waals surface area contributed by atoms with Gasteiger partial charge in [0, 0.05) is 149 Å². The van der Waals surface area contributed by atoms with Gasteiger partial charge in [0.1, 0.15) is 38.8 Å². The number of aromatic nitrogens is 3. The molecule has 33 heteroatoms. The first-order chi connectivity index (χ1) is 63.2. The smallest absolute Gasteiger partial charge is 0.336 e. The second-order valence-electron chi connectivity index (χ2n) is 32.8. The highest BCUT2D eigenvalue weighted by Crippen LogP contribution is 2.44. The summed E-state index contributed by atoms with van der Waals surface area (Å²) in [5.74, 6) is -3.81. The Morgan fingerprint density at radius 1 is 0.394 bits per heavy atom. The van der Waals surface area contributed by atoms with Crippen molar-refractivity contribution in [2.45, 2.75) is 179 Å². The molecule has 0 spiro atoms. The molecule has 4 fully saturated rings. The van der Waals surface area contributed by atoms with Crippen LogP contribution in [0.15, 0.2) is 240 Å². The summed E-state index contributed by atoms with van der Waals surface area (Å²) in [6, 6.07) is 50.0. The Hall–Kier alpha value is -11.1. The number of quaternary nitrogens is 1. The molecule has 4 amide bonds. The maximum atomic E-state index is 13.4. The number of amides is 4. The topological polar surface area (TPSA) is 365 Å². The molecule has 132 heavy (non-hydrogen) atoms. The molecule has 0 saturated carbocycles. The van der Waals surface area contributed by atoms with Crippen molar-refractivity contribution in [1.82, 2.24) is 40.7 Å². The number of nitrogens with zero attached hydrogens (tertiary/aromatic N) is 7. The summed E-state index contributed by atoms with van der Waals surface area (Å²) in [6.07, 6.45) is 14.8. The zero-order chi connectivity index (χ0) is 92.7. The average Bonchev–Trinajstić information content (AvgIpc) is 0.890. The lowest BCUT2D eigenvalue weighted by Gasteiger charge is -2.35. The number of hydrogen-bond donors (Lipinski definition) is 1. The van der Waals surface area contributed by atoms with E-state index in [2.05, 4.69) is 15.0 Å². The summed E-state index contributed by atoms with van der Waals surface area (Å²) >= 11 is 24.2. The molecule has 8 atom stereocenters. The highest BCUT2D eigenvalue weighted by atomic mass is 35.5. The fourth-order valence-electron chi connectivity index (χ4n) is 17.2. The van der Waals surface area contributed by atoms with Gasteiger partial charge in [-0.2, -0.15) is 0 Å². The predicted molar refractivity (Wildman–Crippen MR) is 493 cm³/mol. The number of carbonyl (C=O) groups is 8. The number of rotatable bonds is 28. The lowest BCUT2D eigenvalue weighted by Crippen LogP contribution is -2.42. The standard InChI is InChI=1S/C27H30ClNO8S.3C24H25ClN2O4.H3N/c1-18-26(27(31)37-17-19-4-10-22(11-5-19)36-13-14-38(32,33)34)24(20-6-8-21(28)9-7-20)15-25(30)29(18)16-23-3-2-12-35-23;1-16-23(24(29)31-15-17-4-2-10-26-13-17)21(18-6-8-19(25)9-7-18)12-22(28)27(16)14-20-5-3-11-30-20;2*1-16-23(24(29)31-15-19-5-2-3-11-26-19)21(17-7-9-18(25)10-8-17)13-22(28)27(16)14-20-6-4-12-30-20;/h4-11,23-24H,2-3,12-17H2,1H3,(H,32,33,34);2,4,6-10,13,20-21H,3,5,11-12,14-15H2,1H3;2*2-3,5,7-11,20-21H,4,6,12-15H2,1H3;1H3/t23-,24+;3*20-,21+;/m0110./s1. The van der Waals surface area contributed by atoms with Gasteiger partial charge in [-0.25, -0.2) is 27.6 Å². The van der Waals surface area contributed by atoms with Gasteiger partial charge in [0.25, 0.3) is 0 Å². The zero-order valence-electron chi connectivity index (χ0n) is 74.2. The van der Waals surface area contributed by atoms with Crippen LogP contribution in [0.3, 0.4) is 0 Å². The van der Waals surface area contributed by atoms with E-state index in [0.29, 0.717) is 140 Å². The van der Waals surface area contributed by atoms with Crippen molar-refractivity contribution < 1.29 is 94.0 Å². The van der Waals surface area contributed by atoms with Crippen LogP contribution in [-0.4, -0.2) is 184 Å². The number of pyridine rings is 3. The third-order valence-corrected chi connectivity index (χ3v) is 25.7. The lowest BCUT2D eigenvalue weighted by atomic mass is 9.83. The van der Waals surface area contributed by atoms with Crippen LogP contribution in [0.1, 0.15) is 173 Å². The van der Waals surface area contributed by atoms with E-state index in [0.717, 1.165) is 79.2 Å². The Balaban J connectivity index is 0.000000159. The minimum Gasteiger partial charge on any atom is -0.748 e. The van der Waals surface area contributed by atoms with Crippen LogP contribution in [0.25, 0.3) is 0 Å². The average molecular weight is 1900 g/mol. The summed E-state index contributed by atoms with van der Waals surface area (Å²) in [6.45, 7) is 11.8. The first-order valence-electron chi connectivity index (χ1n) is 43.7. The van der Waals surface area contributed by atoms with Gasteiger partial charge < -0.3 is 72.9 Å². The second-order valence-corrected chi connectivity index (χ2v) is 36.1. The highest BCUT2D eigenvalue weighted by molar-refractivity contribution is 7.85. The maximum Gasteiger partial charge on any atom is 0.336 e. The van der Waals surface area contributed by atoms with E-state index < -0.39 is 45.7 Å². The monoisotopic (exact) mass is 1900 g/mol. The second kappa shape index (κ2) is 48.0. The zero-order valence-corrected chi connectivity index (χ0v) is 78.0. The van der Waals surface area contributed by atoms with Gasteiger partial charge in [-0.15, -0.1) is 0 Å². The van der Waals surface area contributed by atoms with Crippen molar-refractivity contribution >= 4 is 104 Å². The molecule has 11 heterocycles. The molecule has 0 bridgehead atoms. The molecule has 8 aliphatic heterocycles. The maximum absolute atomic E-state index is 13.4. The molecule has 0 unspecified atom stereocenters. The lowest BCUT2D eigenvalue weighted by molar-refractivity contribution is -0.143. The largest absolute Gasteiger partial charge is 0.748 e. The van der Waals surface area contributed by atoms with Crippen LogP contribution in [0.2, 0.25) is 20.1 Å². The number of halogens is 4. The van der Waals surface area contributed by atoms with E-state index in [1.807, 2.05) is 99.6 Å². The van der Waals surface area contributed by atoms with Gasteiger partial charge in [0.2, 0.25) is 23.6 Å². The van der Waals surface area contributed by atoms with Crippen molar-refractivity contribution in [2.75, 3.05) is 65.0 Å². The predicted octanol–water partition coefficient (Wildman–Crippen LogP) is 16.9. The number of ether oxygens (including phenoxy) is 9. The van der Waals surface area contributed by atoms with Gasteiger partial charge >= 0.3 is 23.9 Å². The SMILES string of the molecule is CC1=C(C(=O)OCc2ccc(OCCS(=O)(=O)[O-])cc2)[C@@H](c2ccc(Cl)cc2)CC(=O)N1C[C@@H]1CCCO1.CC1=C(C(=O)OCc2ccccn2)[C@@H](c2ccc(Cl)cc2)CC(=O)N1C[C@@H]1CCCO1.CC1=C(C(=O)OCc2ccccn2)[C@H](c2ccc(Cl)cc2)CC(=O)N1C[C@H]1CCCO1.CC1=C(C(=O)OCc2cccnc2)[C@H](c2ccc(Cl)cc2)CC(=O)N1C[C@H]1CCCO1.[NH4+]. The van der Waals surface area contributed by atoms with E-state index in [4.69, 9.17) is 89.0 Å². The molecule has 16 rings (SSSR count). The molecule has 0 radical (unpaired) electrons. The molecule has 8 aliphatic rings. The highest BCUT2D eigenvalue weighted by Gasteiger charge is 2.44. The van der Waals surface area contributed by atoms with E-state index >= 15 is 0 Å². The number of benzene rings is 5. The van der Waals surface area contributed by atoms with Gasteiger partial charge in [0.05, 0.1) is 100 Å². The molecule has 3 aromatic heterocycles. The molecule has 0 aliphatic carbocycles. The summed E-state index contributed by atoms with van der Waals surface area (Å²) in [5, 5.41) is 2.37.